The van der Waals surface area contributed by atoms with E-state index in [1.54, 1.807) is 7.11 Å². The molecule has 2 aromatic rings. The molecular weight excluding hydrogens is 316 g/mol. The van der Waals surface area contributed by atoms with Crippen LogP contribution in [0.3, 0.4) is 0 Å². The summed E-state index contributed by atoms with van der Waals surface area (Å²) in [6, 6.07) is 16.2. The number of ether oxygens (including phenoxy) is 1. The Morgan fingerprint density at radius 1 is 1.00 bits per heavy atom. The summed E-state index contributed by atoms with van der Waals surface area (Å²) in [7, 11) is 1.66. The van der Waals surface area contributed by atoms with Crippen LogP contribution in [0.5, 0.6) is 5.75 Å². The zero-order valence-electron chi connectivity index (χ0n) is 11.7. The van der Waals surface area contributed by atoms with Gasteiger partial charge in [-0.15, -0.1) is 0 Å². The Morgan fingerprint density at radius 2 is 1.55 bits per heavy atom. The molecule has 1 N–H and O–H groups in total. The number of aliphatic hydroxyl groups is 1. The molecule has 2 aromatic carbocycles. The number of methoxy groups -OCH3 is 1. The molecule has 0 bridgehead atoms. The lowest BCUT2D eigenvalue weighted by molar-refractivity contribution is 0.251. The van der Waals surface area contributed by atoms with Crippen molar-refractivity contribution in [3.8, 4) is 5.75 Å². The van der Waals surface area contributed by atoms with Crippen LogP contribution in [-0.4, -0.2) is 18.8 Å². The van der Waals surface area contributed by atoms with Crippen LogP contribution in [0.2, 0.25) is 0 Å². The molecule has 106 valence electrons. The van der Waals surface area contributed by atoms with Crippen molar-refractivity contribution in [3.63, 3.8) is 0 Å². The first-order chi connectivity index (χ1) is 9.65. The van der Waals surface area contributed by atoms with Gasteiger partial charge in [-0.05, 0) is 41.3 Å². The smallest absolute Gasteiger partial charge is 0.118 e. The maximum absolute atomic E-state index is 9.74. The van der Waals surface area contributed by atoms with Gasteiger partial charge in [0.05, 0.1) is 13.7 Å². The lowest BCUT2D eigenvalue weighted by Crippen LogP contribution is -2.12. The van der Waals surface area contributed by atoms with Gasteiger partial charge in [-0.25, -0.2) is 0 Å². The summed E-state index contributed by atoms with van der Waals surface area (Å²) in [5.41, 5.74) is 2.35. The third-order valence-corrected chi connectivity index (χ3v) is 4.27. The zero-order chi connectivity index (χ0) is 14.5. The van der Waals surface area contributed by atoms with Crippen LogP contribution in [0.15, 0.2) is 53.0 Å². The first-order valence-electron chi connectivity index (χ1n) is 6.66. The van der Waals surface area contributed by atoms with Crippen molar-refractivity contribution >= 4 is 15.9 Å². The number of hydrogen-bond acceptors (Lipinski definition) is 2. The molecule has 0 aliphatic heterocycles. The Morgan fingerprint density at radius 3 is 2.05 bits per heavy atom. The highest BCUT2D eigenvalue weighted by Crippen LogP contribution is 2.33. The second-order valence-electron chi connectivity index (χ2n) is 4.90. The van der Waals surface area contributed by atoms with Crippen molar-refractivity contribution in [2.45, 2.75) is 18.8 Å². The molecule has 2 nitrogen and oxygen atoms in total. The fourth-order valence-corrected chi connectivity index (χ4v) is 2.67. The molecule has 0 saturated heterocycles. The normalized spacial score (nSPS) is 13.8. The topological polar surface area (TPSA) is 29.5 Å². The predicted molar refractivity (Wildman–Crippen MR) is 85.4 cm³/mol. The molecular formula is C17H19BrO2. The summed E-state index contributed by atoms with van der Waals surface area (Å²) >= 11 is 3.44. The van der Waals surface area contributed by atoms with Gasteiger partial charge in [-0.3, -0.25) is 0 Å². The molecule has 20 heavy (non-hydrogen) atoms. The summed E-state index contributed by atoms with van der Waals surface area (Å²) in [5, 5.41) is 9.74. The first-order valence-corrected chi connectivity index (χ1v) is 7.45. The van der Waals surface area contributed by atoms with E-state index in [2.05, 4.69) is 47.1 Å². The maximum Gasteiger partial charge on any atom is 0.118 e. The minimum Gasteiger partial charge on any atom is -0.497 e. The molecule has 2 atom stereocenters. The van der Waals surface area contributed by atoms with Crippen LogP contribution in [0.1, 0.15) is 29.9 Å². The van der Waals surface area contributed by atoms with Crippen LogP contribution >= 0.6 is 15.9 Å². The number of rotatable bonds is 5. The molecule has 0 radical (unpaired) electrons. The SMILES string of the molecule is COc1ccc([C@@H](C)[C@@H](CO)c2ccc(Br)cc2)cc1. The van der Waals surface area contributed by atoms with Crippen LogP contribution in [-0.2, 0) is 0 Å². The van der Waals surface area contributed by atoms with E-state index in [0.29, 0.717) is 0 Å². The molecule has 2 rings (SSSR count). The van der Waals surface area contributed by atoms with Gasteiger partial charge in [0.1, 0.15) is 5.75 Å². The molecule has 0 aliphatic carbocycles. The molecule has 0 aliphatic rings. The van der Waals surface area contributed by atoms with Gasteiger partial charge < -0.3 is 9.84 Å². The van der Waals surface area contributed by atoms with Gasteiger partial charge in [0.2, 0.25) is 0 Å². The minimum atomic E-state index is 0.0940. The lowest BCUT2D eigenvalue weighted by Gasteiger charge is -2.23. The summed E-state index contributed by atoms with van der Waals surface area (Å²) in [6.07, 6.45) is 0. The monoisotopic (exact) mass is 334 g/mol. The molecule has 0 unspecified atom stereocenters. The Balaban J connectivity index is 2.23. The van der Waals surface area contributed by atoms with Crippen molar-refractivity contribution in [1.29, 1.82) is 0 Å². The van der Waals surface area contributed by atoms with Crippen LogP contribution < -0.4 is 4.74 Å². The van der Waals surface area contributed by atoms with Crippen molar-refractivity contribution in [1.82, 2.24) is 0 Å². The molecule has 0 spiro atoms. The molecule has 0 aromatic heterocycles. The Hall–Kier alpha value is -1.32. The highest BCUT2D eigenvalue weighted by molar-refractivity contribution is 9.10. The van der Waals surface area contributed by atoms with Gasteiger partial charge in [0.25, 0.3) is 0 Å². The number of benzene rings is 2. The number of hydrogen-bond donors (Lipinski definition) is 1. The molecule has 0 saturated carbocycles. The predicted octanol–water partition coefficient (Wildman–Crippen LogP) is 4.34. The van der Waals surface area contributed by atoms with Crippen LogP contribution in [0.4, 0.5) is 0 Å². The fraction of sp³-hybridized carbons (Fsp3) is 0.294. The third kappa shape index (κ3) is 3.41. The van der Waals surface area contributed by atoms with Crippen molar-refractivity contribution in [2.75, 3.05) is 13.7 Å². The summed E-state index contributed by atoms with van der Waals surface area (Å²) < 4.78 is 6.23. The van der Waals surface area contributed by atoms with E-state index >= 15 is 0 Å². The number of aliphatic hydroxyl groups excluding tert-OH is 1. The van der Waals surface area contributed by atoms with E-state index in [1.165, 1.54) is 5.56 Å². The molecule has 0 fully saturated rings. The molecule has 3 heteroatoms. The third-order valence-electron chi connectivity index (χ3n) is 3.74. The zero-order valence-corrected chi connectivity index (χ0v) is 13.3. The number of halogens is 1. The Labute approximate surface area is 128 Å². The van der Waals surface area contributed by atoms with Crippen molar-refractivity contribution in [3.05, 3.63) is 64.1 Å². The second kappa shape index (κ2) is 6.91. The van der Waals surface area contributed by atoms with E-state index in [-0.39, 0.29) is 18.4 Å². The quantitative estimate of drug-likeness (QED) is 0.881. The van der Waals surface area contributed by atoms with E-state index in [9.17, 15) is 5.11 Å². The average Bonchev–Trinajstić information content (AvgIpc) is 2.50. The van der Waals surface area contributed by atoms with Gasteiger partial charge in [0.15, 0.2) is 0 Å². The Bertz CT molecular complexity index is 534. The summed E-state index contributed by atoms with van der Waals surface area (Å²) in [4.78, 5) is 0. The van der Waals surface area contributed by atoms with Gasteiger partial charge in [0, 0.05) is 10.4 Å². The van der Waals surface area contributed by atoms with E-state index in [1.807, 2.05) is 24.3 Å². The highest BCUT2D eigenvalue weighted by Gasteiger charge is 2.20. The average molecular weight is 335 g/mol. The van der Waals surface area contributed by atoms with Gasteiger partial charge in [-0.1, -0.05) is 47.1 Å². The van der Waals surface area contributed by atoms with Crippen LogP contribution in [0.25, 0.3) is 0 Å². The van der Waals surface area contributed by atoms with Gasteiger partial charge >= 0.3 is 0 Å². The second-order valence-corrected chi connectivity index (χ2v) is 5.82. The Kier molecular flexibility index (Phi) is 5.21. The lowest BCUT2D eigenvalue weighted by atomic mass is 9.83. The minimum absolute atomic E-state index is 0.0940. The van der Waals surface area contributed by atoms with E-state index < -0.39 is 0 Å². The standard InChI is InChI=1S/C17H19BrO2/c1-12(13-5-9-16(20-2)10-6-13)17(11-19)14-3-7-15(18)8-4-14/h3-10,12,17,19H,11H2,1-2H3/t12-,17-/m1/s1. The van der Waals surface area contributed by atoms with Gasteiger partial charge in [-0.2, -0.15) is 0 Å². The van der Waals surface area contributed by atoms with Crippen molar-refractivity contribution < 1.29 is 9.84 Å². The molecule has 0 heterocycles. The summed E-state index contributed by atoms with van der Waals surface area (Å²) in [6.45, 7) is 2.28. The van der Waals surface area contributed by atoms with Crippen LogP contribution in [0, 0.1) is 0 Å². The largest absolute Gasteiger partial charge is 0.497 e. The first kappa shape index (κ1) is 15.1. The fourth-order valence-electron chi connectivity index (χ4n) is 2.40. The van der Waals surface area contributed by atoms with Crippen molar-refractivity contribution in [2.24, 2.45) is 0 Å². The molecule has 0 amide bonds. The highest BCUT2D eigenvalue weighted by atomic mass is 79.9. The maximum atomic E-state index is 9.74. The van der Waals surface area contributed by atoms with E-state index in [0.717, 1.165) is 15.8 Å². The summed E-state index contributed by atoms with van der Waals surface area (Å²) in [5.74, 6) is 1.19. The van der Waals surface area contributed by atoms with E-state index in [4.69, 9.17) is 4.74 Å².